The number of anilines is 1. The molecule has 2 aromatic rings. The van der Waals surface area contributed by atoms with E-state index in [1.54, 1.807) is 32.0 Å². The number of hydrogen-bond donors (Lipinski definition) is 1. The molecule has 6 heteroatoms. The molecule has 0 aliphatic rings. The summed E-state index contributed by atoms with van der Waals surface area (Å²) in [6.07, 6.45) is 0.417. The third-order valence-corrected chi connectivity index (χ3v) is 4.71. The number of amides is 1. The van der Waals surface area contributed by atoms with Crippen LogP contribution in [0.25, 0.3) is 0 Å². The van der Waals surface area contributed by atoms with E-state index in [0.717, 1.165) is 17.4 Å². The molecule has 0 saturated heterocycles. The summed E-state index contributed by atoms with van der Waals surface area (Å²) in [5, 5.41) is 2.73. The molecule has 1 N–H and O–H groups in total. The van der Waals surface area contributed by atoms with Crippen molar-refractivity contribution >= 4 is 21.4 Å². The lowest BCUT2D eigenvalue weighted by Crippen LogP contribution is -2.30. The SMILES string of the molecule is Cc1ccc(OC(C)C(=O)Nc2cc(S(C)(=O)=O)ccc2C)cc1. The summed E-state index contributed by atoms with van der Waals surface area (Å²) in [5.41, 5.74) is 2.34. The van der Waals surface area contributed by atoms with E-state index in [1.807, 2.05) is 19.1 Å². The lowest BCUT2D eigenvalue weighted by molar-refractivity contribution is -0.122. The zero-order chi connectivity index (χ0) is 17.9. The van der Waals surface area contributed by atoms with Gasteiger partial charge in [0.05, 0.1) is 4.90 Å². The summed E-state index contributed by atoms with van der Waals surface area (Å²) in [6.45, 7) is 5.41. The Morgan fingerprint density at radius 2 is 1.71 bits per heavy atom. The normalized spacial score (nSPS) is 12.5. The van der Waals surface area contributed by atoms with E-state index in [1.165, 1.54) is 12.1 Å². The van der Waals surface area contributed by atoms with Gasteiger partial charge in [-0.25, -0.2) is 8.42 Å². The van der Waals surface area contributed by atoms with Crippen molar-refractivity contribution in [1.29, 1.82) is 0 Å². The van der Waals surface area contributed by atoms with Crippen LogP contribution in [0.3, 0.4) is 0 Å². The van der Waals surface area contributed by atoms with Crippen molar-refractivity contribution in [1.82, 2.24) is 0 Å². The van der Waals surface area contributed by atoms with Gasteiger partial charge in [-0.2, -0.15) is 0 Å². The summed E-state index contributed by atoms with van der Waals surface area (Å²) >= 11 is 0. The quantitative estimate of drug-likeness (QED) is 0.902. The number of ether oxygens (including phenoxy) is 1. The van der Waals surface area contributed by atoms with Gasteiger partial charge in [-0.1, -0.05) is 23.8 Å². The second-order valence-electron chi connectivity index (χ2n) is 5.81. The Bertz CT molecular complexity index is 842. The van der Waals surface area contributed by atoms with Crippen LogP contribution < -0.4 is 10.1 Å². The Kier molecular flexibility index (Phi) is 5.29. The summed E-state index contributed by atoms with van der Waals surface area (Å²) in [6, 6.07) is 12.0. The van der Waals surface area contributed by atoms with Gasteiger partial charge >= 0.3 is 0 Å². The van der Waals surface area contributed by atoms with E-state index in [9.17, 15) is 13.2 Å². The molecule has 0 bridgehead atoms. The zero-order valence-corrected chi connectivity index (χ0v) is 15.0. The Hall–Kier alpha value is -2.34. The van der Waals surface area contributed by atoms with Crippen molar-refractivity contribution in [3.63, 3.8) is 0 Å². The Labute approximate surface area is 142 Å². The van der Waals surface area contributed by atoms with E-state index in [0.29, 0.717) is 11.4 Å². The van der Waals surface area contributed by atoms with Gasteiger partial charge in [0.2, 0.25) is 0 Å². The maximum Gasteiger partial charge on any atom is 0.265 e. The fourth-order valence-electron chi connectivity index (χ4n) is 2.08. The lowest BCUT2D eigenvalue weighted by atomic mass is 10.2. The van der Waals surface area contributed by atoms with Crippen molar-refractivity contribution in [2.75, 3.05) is 11.6 Å². The lowest BCUT2D eigenvalue weighted by Gasteiger charge is -2.16. The number of nitrogens with one attached hydrogen (secondary N) is 1. The molecule has 1 amide bonds. The van der Waals surface area contributed by atoms with E-state index in [2.05, 4.69) is 5.32 Å². The molecule has 0 aromatic heterocycles. The highest BCUT2D eigenvalue weighted by Gasteiger charge is 2.17. The van der Waals surface area contributed by atoms with Crippen LogP contribution >= 0.6 is 0 Å². The predicted octanol–water partition coefficient (Wildman–Crippen LogP) is 3.11. The van der Waals surface area contributed by atoms with Crippen LogP contribution in [0.1, 0.15) is 18.1 Å². The summed E-state index contributed by atoms with van der Waals surface area (Å²) in [5.74, 6) is 0.259. The van der Waals surface area contributed by atoms with Gasteiger partial charge in [-0.05, 0) is 50.6 Å². The minimum Gasteiger partial charge on any atom is -0.481 e. The molecule has 0 saturated carbocycles. The highest BCUT2D eigenvalue weighted by atomic mass is 32.2. The second-order valence-corrected chi connectivity index (χ2v) is 7.83. The molecule has 2 aromatic carbocycles. The molecular formula is C18H21NO4S. The first-order chi connectivity index (χ1) is 11.2. The van der Waals surface area contributed by atoms with Gasteiger partial charge < -0.3 is 10.1 Å². The first-order valence-electron chi connectivity index (χ1n) is 7.52. The monoisotopic (exact) mass is 347 g/mol. The standard InChI is InChI=1S/C18H21NO4S/c1-12-5-8-15(9-6-12)23-14(3)18(20)19-17-11-16(24(4,21)22)10-7-13(17)2/h5-11,14H,1-4H3,(H,19,20). The first-order valence-corrected chi connectivity index (χ1v) is 9.41. The van der Waals surface area contributed by atoms with Crippen molar-refractivity contribution in [3.05, 3.63) is 53.6 Å². The molecule has 0 spiro atoms. The fourth-order valence-corrected chi connectivity index (χ4v) is 2.72. The molecule has 0 fully saturated rings. The van der Waals surface area contributed by atoms with Crippen molar-refractivity contribution in [3.8, 4) is 5.75 Å². The van der Waals surface area contributed by atoms with Crippen LogP contribution in [0.4, 0.5) is 5.69 Å². The first kappa shape index (κ1) is 18.0. The molecule has 0 aliphatic heterocycles. The minimum atomic E-state index is -3.33. The maximum absolute atomic E-state index is 12.3. The average Bonchev–Trinajstić information content (AvgIpc) is 2.50. The zero-order valence-electron chi connectivity index (χ0n) is 14.2. The van der Waals surface area contributed by atoms with Crippen LogP contribution in [0.5, 0.6) is 5.75 Å². The van der Waals surface area contributed by atoms with E-state index in [4.69, 9.17) is 4.74 Å². The Morgan fingerprint density at radius 1 is 1.08 bits per heavy atom. The van der Waals surface area contributed by atoms with Crippen LogP contribution in [0.15, 0.2) is 47.4 Å². The van der Waals surface area contributed by atoms with E-state index in [-0.39, 0.29) is 10.8 Å². The smallest absolute Gasteiger partial charge is 0.265 e. The second kappa shape index (κ2) is 7.05. The maximum atomic E-state index is 12.3. The number of benzene rings is 2. The summed E-state index contributed by atoms with van der Waals surface area (Å²) in [4.78, 5) is 12.5. The Morgan fingerprint density at radius 3 is 2.29 bits per heavy atom. The van der Waals surface area contributed by atoms with Gasteiger partial charge in [0.1, 0.15) is 5.75 Å². The van der Waals surface area contributed by atoms with E-state index >= 15 is 0 Å². The van der Waals surface area contributed by atoms with Crippen LogP contribution in [0, 0.1) is 13.8 Å². The van der Waals surface area contributed by atoms with Gasteiger partial charge in [0.15, 0.2) is 15.9 Å². The average molecular weight is 347 g/mol. The number of rotatable bonds is 5. The molecular weight excluding hydrogens is 326 g/mol. The van der Waals surface area contributed by atoms with Crippen molar-refractivity contribution in [2.45, 2.75) is 31.8 Å². The molecule has 24 heavy (non-hydrogen) atoms. The Balaban J connectivity index is 2.12. The molecule has 128 valence electrons. The van der Waals surface area contributed by atoms with Gasteiger partial charge in [0.25, 0.3) is 5.91 Å². The van der Waals surface area contributed by atoms with Crippen molar-refractivity contribution < 1.29 is 17.9 Å². The number of sulfone groups is 1. The highest BCUT2D eigenvalue weighted by molar-refractivity contribution is 7.90. The highest BCUT2D eigenvalue weighted by Crippen LogP contribution is 2.21. The van der Waals surface area contributed by atoms with Gasteiger partial charge in [-0.15, -0.1) is 0 Å². The molecule has 1 unspecified atom stereocenters. The van der Waals surface area contributed by atoms with Crippen LogP contribution in [-0.2, 0) is 14.6 Å². The third-order valence-electron chi connectivity index (χ3n) is 3.60. The van der Waals surface area contributed by atoms with Gasteiger partial charge in [-0.3, -0.25) is 4.79 Å². The van der Waals surface area contributed by atoms with E-state index < -0.39 is 15.9 Å². The van der Waals surface area contributed by atoms with Crippen LogP contribution in [0.2, 0.25) is 0 Å². The molecule has 0 radical (unpaired) electrons. The fraction of sp³-hybridized carbons (Fsp3) is 0.278. The molecule has 0 heterocycles. The molecule has 2 rings (SSSR count). The number of hydrogen-bond acceptors (Lipinski definition) is 4. The van der Waals surface area contributed by atoms with Crippen LogP contribution in [-0.4, -0.2) is 26.7 Å². The number of aryl methyl sites for hydroxylation is 2. The number of carbonyl (C=O) groups excluding carboxylic acids is 1. The van der Waals surface area contributed by atoms with Gasteiger partial charge in [0, 0.05) is 11.9 Å². The number of carbonyl (C=O) groups is 1. The summed E-state index contributed by atoms with van der Waals surface area (Å²) in [7, 11) is -3.33. The molecule has 0 aliphatic carbocycles. The third kappa shape index (κ3) is 4.58. The topological polar surface area (TPSA) is 72.5 Å². The van der Waals surface area contributed by atoms with Crippen molar-refractivity contribution in [2.24, 2.45) is 0 Å². The molecule has 5 nitrogen and oxygen atoms in total. The minimum absolute atomic E-state index is 0.163. The summed E-state index contributed by atoms with van der Waals surface area (Å²) < 4.78 is 28.9. The predicted molar refractivity (Wildman–Crippen MR) is 94.2 cm³/mol. The largest absolute Gasteiger partial charge is 0.481 e. The molecule has 1 atom stereocenters.